The Hall–Kier alpha value is -1.76. The molecule has 26 heavy (non-hydrogen) atoms. The summed E-state index contributed by atoms with van der Waals surface area (Å²) in [4.78, 5) is 3.44. The quantitative estimate of drug-likeness (QED) is 0.388. The standard InChI is InChI=1S/C20H27N3OS2/c1-23(2)18(17-11-7-8-12-19(17)24-3)15-22-20(25)21-13-14-26-16-9-5-4-6-10-16/h4-12,18H,13-15H2,1-3H3,(H2,21,22,25). The van der Waals surface area contributed by atoms with Gasteiger partial charge in [-0.25, -0.2) is 0 Å². The van der Waals surface area contributed by atoms with Gasteiger partial charge in [0.15, 0.2) is 5.11 Å². The van der Waals surface area contributed by atoms with Gasteiger partial charge in [0.1, 0.15) is 5.75 Å². The van der Waals surface area contributed by atoms with E-state index in [9.17, 15) is 0 Å². The molecule has 2 aromatic carbocycles. The molecule has 2 aromatic rings. The van der Waals surface area contributed by atoms with Crippen LogP contribution in [0, 0.1) is 0 Å². The van der Waals surface area contributed by atoms with Crippen molar-refractivity contribution in [1.29, 1.82) is 0 Å². The molecule has 140 valence electrons. The second kappa shape index (κ2) is 11.1. The van der Waals surface area contributed by atoms with Crippen molar-refractivity contribution in [2.45, 2.75) is 10.9 Å². The van der Waals surface area contributed by atoms with Gasteiger partial charge in [0.25, 0.3) is 0 Å². The molecule has 2 N–H and O–H groups in total. The lowest BCUT2D eigenvalue weighted by atomic mass is 10.0. The second-order valence-electron chi connectivity index (χ2n) is 6.02. The van der Waals surface area contributed by atoms with E-state index in [2.05, 4.69) is 60.0 Å². The fourth-order valence-corrected chi connectivity index (χ4v) is 3.59. The van der Waals surface area contributed by atoms with E-state index >= 15 is 0 Å². The first kappa shape index (κ1) is 20.6. The molecule has 1 atom stereocenters. The normalized spacial score (nSPS) is 11.8. The largest absolute Gasteiger partial charge is 0.496 e. The number of rotatable bonds is 9. The molecule has 0 aliphatic carbocycles. The van der Waals surface area contributed by atoms with Crippen LogP contribution >= 0.6 is 24.0 Å². The number of hydrogen-bond acceptors (Lipinski definition) is 4. The second-order valence-corrected chi connectivity index (χ2v) is 7.60. The van der Waals surface area contributed by atoms with Crippen molar-refractivity contribution in [1.82, 2.24) is 15.5 Å². The molecule has 4 nitrogen and oxygen atoms in total. The molecule has 6 heteroatoms. The Bertz CT molecular complexity index is 680. The lowest BCUT2D eigenvalue weighted by Crippen LogP contribution is -2.41. The number of nitrogens with zero attached hydrogens (tertiary/aromatic N) is 1. The number of ether oxygens (including phenoxy) is 1. The van der Waals surface area contributed by atoms with Crippen molar-refractivity contribution in [3.05, 3.63) is 60.2 Å². The van der Waals surface area contributed by atoms with Gasteiger partial charge in [-0.05, 0) is 44.5 Å². The highest BCUT2D eigenvalue weighted by atomic mass is 32.2. The summed E-state index contributed by atoms with van der Waals surface area (Å²) in [5.74, 6) is 1.86. The van der Waals surface area contributed by atoms with E-state index < -0.39 is 0 Å². The van der Waals surface area contributed by atoms with Gasteiger partial charge in [-0.3, -0.25) is 0 Å². The SMILES string of the molecule is COc1ccccc1C(CNC(=S)NCCSc1ccccc1)N(C)C. The van der Waals surface area contributed by atoms with Crippen LogP contribution in [-0.4, -0.2) is 50.1 Å². The summed E-state index contributed by atoms with van der Waals surface area (Å²) in [5.41, 5.74) is 1.15. The number of nitrogens with one attached hydrogen (secondary N) is 2. The van der Waals surface area contributed by atoms with E-state index in [1.165, 1.54) is 4.90 Å². The van der Waals surface area contributed by atoms with Crippen molar-refractivity contribution in [2.75, 3.05) is 40.0 Å². The molecule has 0 heterocycles. The van der Waals surface area contributed by atoms with E-state index in [4.69, 9.17) is 17.0 Å². The highest BCUT2D eigenvalue weighted by Crippen LogP contribution is 2.27. The van der Waals surface area contributed by atoms with E-state index in [0.29, 0.717) is 11.7 Å². The molecular weight excluding hydrogens is 362 g/mol. The molecule has 0 saturated heterocycles. The molecule has 0 saturated carbocycles. The summed E-state index contributed by atoms with van der Waals surface area (Å²) in [6, 6.07) is 18.7. The topological polar surface area (TPSA) is 36.5 Å². The van der Waals surface area contributed by atoms with Crippen molar-refractivity contribution in [2.24, 2.45) is 0 Å². The zero-order chi connectivity index (χ0) is 18.8. The third-order valence-electron chi connectivity index (χ3n) is 3.98. The lowest BCUT2D eigenvalue weighted by molar-refractivity contribution is 0.288. The number of likely N-dealkylation sites (N-methyl/N-ethyl adjacent to an activating group) is 1. The molecule has 0 amide bonds. The first-order chi connectivity index (χ1) is 12.6. The molecule has 2 rings (SSSR count). The van der Waals surface area contributed by atoms with Crippen LogP contribution in [0.5, 0.6) is 5.75 Å². The number of benzene rings is 2. The number of thioether (sulfide) groups is 1. The van der Waals surface area contributed by atoms with Crippen molar-refractivity contribution in [3.8, 4) is 5.75 Å². The molecule has 0 aliphatic rings. The maximum Gasteiger partial charge on any atom is 0.166 e. The van der Waals surface area contributed by atoms with Crippen LogP contribution < -0.4 is 15.4 Å². The van der Waals surface area contributed by atoms with Gasteiger partial charge in [0.2, 0.25) is 0 Å². The maximum absolute atomic E-state index is 5.50. The van der Waals surface area contributed by atoms with E-state index in [1.54, 1.807) is 7.11 Å². The highest BCUT2D eigenvalue weighted by molar-refractivity contribution is 7.99. The summed E-state index contributed by atoms with van der Waals surface area (Å²) in [7, 11) is 5.83. The van der Waals surface area contributed by atoms with E-state index in [1.807, 2.05) is 36.0 Å². The van der Waals surface area contributed by atoms with Crippen LogP contribution in [0.1, 0.15) is 11.6 Å². The van der Waals surface area contributed by atoms with E-state index in [0.717, 1.165) is 23.6 Å². The minimum Gasteiger partial charge on any atom is -0.496 e. The third-order valence-corrected chi connectivity index (χ3v) is 5.28. The Morgan fingerprint density at radius 3 is 2.46 bits per heavy atom. The van der Waals surface area contributed by atoms with Crippen LogP contribution in [0.15, 0.2) is 59.5 Å². The monoisotopic (exact) mass is 389 g/mol. The molecule has 0 fully saturated rings. The Balaban J connectivity index is 1.78. The van der Waals surface area contributed by atoms with Crippen LogP contribution in [0.25, 0.3) is 0 Å². The summed E-state index contributed by atoms with van der Waals surface area (Å²) in [6.45, 7) is 1.54. The summed E-state index contributed by atoms with van der Waals surface area (Å²) < 4.78 is 5.50. The van der Waals surface area contributed by atoms with Gasteiger partial charge in [-0.1, -0.05) is 36.4 Å². The van der Waals surface area contributed by atoms with Crippen LogP contribution in [0.4, 0.5) is 0 Å². The van der Waals surface area contributed by atoms with Crippen molar-refractivity contribution >= 4 is 29.1 Å². The third kappa shape index (κ3) is 6.52. The zero-order valence-corrected chi connectivity index (χ0v) is 17.2. The Morgan fingerprint density at radius 1 is 1.08 bits per heavy atom. The van der Waals surface area contributed by atoms with Gasteiger partial charge in [-0.15, -0.1) is 11.8 Å². The van der Waals surface area contributed by atoms with Gasteiger partial charge in [0.05, 0.1) is 13.2 Å². The summed E-state index contributed by atoms with van der Waals surface area (Å²) in [6.07, 6.45) is 0. The molecule has 0 bridgehead atoms. The Kier molecular flexibility index (Phi) is 8.74. The Labute approximate surface area is 166 Å². The number of para-hydroxylation sites is 1. The average molecular weight is 390 g/mol. The fraction of sp³-hybridized carbons (Fsp3) is 0.350. The molecule has 0 spiro atoms. The highest BCUT2D eigenvalue weighted by Gasteiger charge is 2.18. The summed E-state index contributed by atoms with van der Waals surface area (Å²) in [5, 5.41) is 7.28. The predicted molar refractivity (Wildman–Crippen MR) is 115 cm³/mol. The van der Waals surface area contributed by atoms with Gasteiger partial charge in [-0.2, -0.15) is 0 Å². The smallest absolute Gasteiger partial charge is 0.166 e. The van der Waals surface area contributed by atoms with Gasteiger partial charge < -0.3 is 20.3 Å². The van der Waals surface area contributed by atoms with Gasteiger partial charge in [0, 0.05) is 29.3 Å². The predicted octanol–water partition coefficient (Wildman–Crippen LogP) is 3.55. The lowest BCUT2D eigenvalue weighted by Gasteiger charge is -2.27. The van der Waals surface area contributed by atoms with E-state index in [-0.39, 0.29) is 6.04 Å². The Morgan fingerprint density at radius 2 is 1.77 bits per heavy atom. The molecule has 1 unspecified atom stereocenters. The zero-order valence-electron chi connectivity index (χ0n) is 15.6. The number of thiocarbonyl (C=S) groups is 1. The average Bonchev–Trinajstić information content (AvgIpc) is 2.66. The first-order valence-electron chi connectivity index (χ1n) is 8.60. The molecule has 0 radical (unpaired) electrons. The minimum absolute atomic E-state index is 0.171. The molecular formula is C20H27N3OS2. The van der Waals surface area contributed by atoms with Crippen LogP contribution in [0.2, 0.25) is 0 Å². The summed E-state index contributed by atoms with van der Waals surface area (Å²) >= 11 is 7.24. The van der Waals surface area contributed by atoms with Crippen LogP contribution in [-0.2, 0) is 0 Å². The minimum atomic E-state index is 0.171. The fourth-order valence-electron chi connectivity index (χ4n) is 2.61. The van der Waals surface area contributed by atoms with Crippen molar-refractivity contribution < 1.29 is 4.74 Å². The molecule has 0 aliphatic heterocycles. The number of methoxy groups -OCH3 is 1. The first-order valence-corrected chi connectivity index (χ1v) is 10.00. The van der Waals surface area contributed by atoms with Crippen LogP contribution in [0.3, 0.4) is 0 Å². The maximum atomic E-state index is 5.50. The van der Waals surface area contributed by atoms with Gasteiger partial charge >= 0.3 is 0 Å². The number of hydrogen-bond donors (Lipinski definition) is 2. The van der Waals surface area contributed by atoms with Crippen molar-refractivity contribution in [3.63, 3.8) is 0 Å². The molecule has 0 aromatic heterocycles.